The van der Waals surface area contributed by atoms with Crippen LogP contribution < -0.4 is 11.1 Å². The summed E-state index contributed by atoms with van der Waals surface area (Å²) in [6.07, 6.45) is 1.54. The van der Waals surface area contributed by atoms with Gasteiger partial charge in [-0.2, -0.15) is 0 Å². The third-order valence-electron chi connectivity index (χ3n) is 2.61. The Labute approximate surface area is 123 Å². The lowest BCUT2D eigenvalue weighted by Crippen LogP contribution is -2.15. The molecular formula is C13H12BrFN4O. The zero-order valence-electron chi connectivity index (χ0n) is 10.3. The molecule has 1 heterocycles. The predicted octanol–water partition coefficient (Wildman–Crippen LogP) is 2.69. The van der Waals surface area contributed by atoms with Crippen molar-refractivity contribution in [2.75, 3.05) is 5.32 Å². The molecule has 20 heavy (non-hydrogen) atoms. The number of oxime groups is 1. The Morgan fingerprint density at radius 2 is 2.20 bits per heavy atom. The lowest BCUT2D eigenvalue weighted by molar-refractivity contribution is 0.318. The Morgan fingerprint density at radius 1 is 1.40 bits per heavy atom. The van der Waals surface area contributed by atoms with Crippen molar-refractivity contribution < 1.29 is 9.60 Å². The monoisotopic (exact) mass is 338 g/mol. The van der Waals surface area contributed by atoms with Gasteiger partial charge in [-0.15, -0.1) is 0 Å². The van der Waals surface area contributed by atoms with Crippen molar-refractivity contribution in [3.05, 3.63) is 58.1 Å². The van der Waals surface area contributed by atoms with E-state index in [2.05, 4.69) is 31.4 Å². The van der Waals surface area contributed by atoms with Gasteiger partial charge in [0.2, 0.25) is 0 Å². The lowest BCUT2D eigenvalue weighted by atomic mass is 10.2. The van der Waals surface area contributed by atoms with Gasteiger partial charge in [0.15, 0.2) is 5.84 Å². The normalized spacial score (nSPS) is 11.4. The smallest absolute Gasteiger partial charge is 0.188 e. The maximum atomic E-state index is 13.6. The maximum Gasteiger partial charge on any atom is 0.188 e. The third-order valence-corrected chi connectivity index (χ3v) is 3.10. The second kappa shape index (κ2) is 6.33. The molecule has 0 aliphatic rings. The van der Waals surface area contributed by atoms with Crippen molar-refractivity contribution in [3.8, 4) is 0 Å². The quantitative estimate of drug-likeness (QED) is 0.346. The third kappa shape index (κ3) is 3.45. The first kappa shape index (κ1) is 14.3. The van der Waals surface area contributed by atoms with Crippen LogP contribution in [-0.4, -0.2) is 16.0 Å². The summed E-state index contributed by atoms with van der Waals surface area (Å²) in [6.45, 7) is 0.390. The van der Waals surface area contributed by atoms with Crippen LogP contribution in [0.1, 0.15) is 11.3 Å². The molecule has 0 atom stereocenters. The van der Waals surface area contributed by atoms with Crippen molar-refractivity contribution in [2.24, 2.45) is 10.9 Å². The van der Waals surface area contributed by atoms with Crippen LogP contribution in [-0.2, 0) is 6.54 Å². The number of halogens is 2. The number of anilines is 1. The van der Waals surface area contributed by atoms with Crippen molar-refractivity contribution in [3.63, 3.8) is 0 Å². The summed E-state index contributed by atoms with van der Waals surface area (Å²) < 4.78 is 14.4. The lowest BCUT2D eigenvalue weighted by Gasteiger charge is -2.09. The highest BCUT2D eigenvalue weighted by Gasteiger charge is 2.05. The minimum Gasteiger partial charge on any atom is -0.409 e. The second-order valence-electron chi connectivity index (χ2n) is 4.01. The van der Waals surface area contributed by atoms with Gasteiger partial charge in [-0.05, 0) is 35.9 Å². The van der Waals surface area contributed by atoms with Crippen LogP contribution in [0, 0.1) is 5.82 Å². The van der Waals surface area contributed by atoms with Gasteiger partial charge in [0, 0.05) is 17.2 Å². The number of hydrogen-bond donors (Lipinski definition) is 3. The van der Waals surface area contributed by atoms with Crippen molar-refractivity contribution in [2.45, 2.75) is 6.54 Å². The molecule has 0 radical (unpaired) electrons. The average molecular weight is 339 g/mol. The summed E-state index contributed by atoms with van der Waals surface area (Å²) in [5.41, 5.74) is 7.05. The van der Waals surface area contributed by atoms with E-state index in [1.54, 1.807) is 30.5 Å². The van der Waals surface area contributed by atoms with Crippen LogP contribution in [0.5, 0.6) is 0 Å². The van der Waals surface area contributed by atoms with Crippen molar-refractivity contribution >= 4 is 27.5 Å². The largest absolute Gasteiger partial charge is 0.409 e. The number of benzene rings is 1. The van der Waals surface area contributed by atoms with Crippen LogP contribution in [0.4, 0.5) is 10.1 Å². The zero-order valence-corrected chi connectivity index (χ0v) is 11.9. The molecule has 2 aromatic rings. The van der Waals surface area contributed by atoms with Crippen molar-refractivity contribution in [1.29, 1.82) is 0 Å². The standard InChI is InChI=1S/C13H12BrFN4O/c14-9-1-2-10(15)11(6-9)18-7-8-3-4-17-12(5-8)13(16)19-20/h1-6,18,20H,7H2,(H2,16,19). The molecule has 0 amide bonds. The molecule has 0 saturated carbocycles. The SMILES string of the molecule is NC(=NO)c1cc(CNc2cc(Br)ccc2F)ccn1. The van der Waals surface area contributed by atoms with Gasteiger partial charge in [0.1, 0.15) is 11.5 Å². The van der Waals surface area contributed by atoms with E-state index in [0.29, 0.717) is 17.9 Å². The number of nitrogens with zero attached hydrogens (tertiary/aromatic N) is 2. The van der Waals surface area contributed by atoms with Crippen LogP contribution in [0.3, 0.4) is 0 Å². The maximum absolute atomic E-state index is 13.6. The minimum absolute atomic E-state index is 0.0690. The summed E-state index contributed by atoms with van der Waals surface area (Å²) in [6, 6.07) is 8.08. The molecule has 4 N–H and O–H groups in total. The van der Waals surface area contributed by atoms with E-state index in [4.69, 9.17) is 10.9 Å². The van der Waals surface area contributed by atoms with E-state index in [9.17, 15) is 4.39 Å². The zero-order chi connectivity index (χ0) is 14.5. The molecule has 0 fully saturated rings. The first-order valence-electron chi connectivity index (χ1n) is 5.72. The van der Waals surface area contributed by atoms with E-state index in [1.165, 1.54) is 6.07 Å². The molecule has 1 aromatic heterocycles. The van der Waals surface area contributed by atoms with E-state index in [1.807, 2.05) is 0 Å². The Hall–Kier alpha value is -2.15. The van der Waals surface area contributed by atoms with Gasteiger partial charge < -0.3 is 16.3 Å². The van der Waals surface area contributed by atoms with Gasteiger partial charge in [0.05, 0.1) is 5.69 Å². The first-order valence-corrected chi connectivity index (χ1v) is 6.51. The molecule has 0 aliphatic heterocycles. The molecule has 2 rings (SSSR count). The number of rotatable bonds is 4. The fourth-order valence-electron chi connectivity index (χ4n) is 1.61. The number of nitrogens with two attached hydrogens (primary N) is 1. The van der Waals surface area contributed by atoms with Crippen LogP contribution in [0.2, 0.25) is 0 Å². The molecular weight excluding hydrogens is 327 g/mol. The van der Waals surface area contributed by atoms with E-state index >= 15 is 0 Å². The second-order valence-corrected chi connectivity index (χ2v) is 4.93. The van der Waals surface area contributed by atoms with Gasteiger partial charge in [-0.25, -0.2) is 4.39 Å². The molecule has 7 heteroatoms. The van der Waals surface area contributed by atoms with E-state index in [0.717, 1.165) is 10.0 Å². The Kier molecular flexibility index (Phi) is 4.52. The number of hydrogen-bond acceptors (Lipinski definition) is 4. The van der Waals surface area contributed by atoms with Crippen LogP contribution in [0.25, 0.3) is 0 Å². The summed E-state index contributed by atoms with van der Waals surface area (Å²) in [5, 5.41) is 14.5. The summed E-state index contributed by atoms with van der Waals surface area (Å²) in [4.78, 5) is 3.97. The summed E-state index contributed by atoms with van der Waals surface area (Å²) in [5.74, 6) is -0.403. The molecule has 1 aromatic carbocycles. The number of aromatic nitrogens is 1. The fraction of sp³-hybridized carbons (Fsp3) is 0.0769. The average Bonchev–Trinajstić information content (AvgIpc) is 2.47. The molecule has 0 aliphatic carbocycles. The van der Waals surface area contributed by atoms with Gasteiger partial charge in [-0.3, -0.25) is 4.98 Å². The Balaban J connectivity index is 2.13. The van der Waals surface area contributed by atoms with Crippen LogP contribution in [0.15, 0.2) is 46.2 Å². The van der Waals surface area contributed by atoms with Gasteiger partial charge in [-0.1, -0.05) is 21.1 Å². The first-order chi connectivity index (χ1) is 9.60. The number of amidine groups is 1. The van der Waals surface area contributed by atoms with E-state index in [-0.39, 0.29) is 11.7 Å². The summed E-state index contributed by atoms with van der Waals surface area (Å²) in [7, 11) is 0. The highest BCUT2D eigenvalue weighted by Crippen LogP contribution is 2.20. The molecule has 0 spiro atoms. The number of pyridine rings is 1. The van der Waals surface area contributed by atoms with Crippen LogP contribution >= 0.6 is 15.9 Å². The molecule has 0 unspecified atom stereocenters. The number of nitrogens with one attached hydrogen (secondary N) is 1. The minimum atomic E-state index is -0.334. The predicted molar refractivity (Wildman–Crippen MR) is 78.2 cm³/mol. The molecule has 0 bridgehead atoms. The van der Waals surface area contributed by atoms with Gasteiger partial charge in [0.25, 0.3) is 0 Å². The molecule has 104 valence electrons. The highest BCUT2D eigenvalue weighted by atomic mass is 79.9. The summed E-state index contributed by atoms with van der Waals surface area (Å²) >= 11 is 3.29. The molecule has 5 nitrogen and oxygen atoms in total. The Bertz CT molecular complexity index is 648. The highest BCUT2D eigenvalue weighted by molar-refractivity contribution is 9.10. The Morgan fingerprint density at radius 3 is 2.95 bits per heavy atom. The fourth-order valence-corrected chi connectivity index (χ4v) is 1.97. The van der Waals surface area contributed by atoms with Gasteiger partial charge >= 0.3 is 0 Å². The van der Waals surface area contributed by atoms with Crippen molar-refractivity contribution in [1.82, 2.24) is 4.98 Å². The van der Waals surface area contributed by atoms with E-state index < -0.39 is 0 Å². The molecule has 0 saturated heterocycles. The topological polar surface area (TPSA) is 83.5 Å².